The predicted molar refractivity (Wildman–Crippen MR) is 71.2 cm³/mol. The van der Waals surface area contributed by atoms with Gasteiger partial charge in [-0.3, -0.25) is 0 Å². The highest BCUT2D eigenvalue weighted by atomic mass is 28.4. The van der Waals surface area contributed by atoms with Gasteiger partial charge in [0, 0.05) is 0 Å². The first-order chi connectivity index (χ1) is 8.06. The number of halogens is 1. The molecule has 0 saturated carbocycles. The van der Waals surface area contributed by atoms with Crippen molar-refractivity contribution in [1.29, 1.82) is 0 Å². The zero-order valence-corrected chi connectivity index (χ0v) is 12.4. The summed E-state index contributed by atoms with van der Waals surface area (Å²) in [7, 11) is -2.17. The fourth-order valence-corrected chi connectivity index (χ4v) is 2.20. The van der Waals surface area contributed by atoms with Crippen molar-refractivity contribution >= 4 is 14.3 Å². The van der Waals surface area contributed by atoms with Crippen molar-refractivity contribution in [2.75, 3.05) is 0 Å². The molecule has 0 unspecified atom stereocenters. The standard InChI is InChI=1S/C13H19FO3Si/c1-13(2,3)18(4,5)17-10-8-6-7-9(11(10)14)12(15)16/h6-8H,1-5H3,(H,15,16). The molecular weight excluding hydrogens is 251 g/mol. The molecule has 1 N–H and O–H groups in total. The molecule has 3 nitrogen and oxygen atoms in total. The number of benzene rings is 1. The fourth-order valence-electron chi connectivity index (χ4n) is 1.18. The Morgan fingerprint density at radius 1 is 1.33 bits per heavy atom. The molecule has 1 rings (SSSR count). The van der Waals surface area contributed by atoms with Gasteiger partial charge < -0.3 is 9.53 Å². The quantitative estimate of drug-likeness (QED) is 0.847. The lowest BCUT2D eigenvalue weighted by atomic mass is 10.2. The van der Waals surface area contributed by atoms with Crippen LogP contribution in [0.5, 0.6) is 5.75 Å². The van der Waals surface area contributed by atoms with Crippen LogP contribution in [-0.2, 0) is 0 Å². The Bertz CT molecular complexity index is 464. The first-order valence-electron chi connectivity index (χ1n) is 5.77. The van der Waals surface area contributed by atoms with Crippen LogP contribution in [0.4, 0.5) is 4.39 Å². The van der Waals surface area contributed by atoms with E-state index in [1.54, 1.807) is 0 Å². The molecule has 0 radical (unpaired) electrons. The largest absolute Gasteiger partial charge is 0.542 e. The molecule has 0 aliphatic carbocycles. The second-order valence-corrected chi connectivity index (χ2v) is 10.5. The van der Waals surface area contributed by atoms with Crippen molar-refractivity contribution in [3.63, 3.8) is 0 Å². The third-order valence-corrected chi connectivity index (χ3v) is 7.71. The van der Waals surface area contributed by atoms with Gasteiger partial charge in [-0.15, -0.1) is 0 Å². The Morgan fingerprint density at radius 3 is 2.33 bits per heavy atom. The van der Waals surface area contributed by atoms with Crippen LogP contribution in [0.1, 0.15) is 31.1 Å². The Hall–Kier alpha value is -1.36. The van der Waals surface area contributed by atoms with Gasteiger partial charge in [0.1, 0.15) is 5.75 Å². The summed E-state index contributed by atoms with van der Waals surface area (Å²) in [6, 6.07) is 4.20. The van der Waals surface area contributed by atoms with E-state index < -0.39 is 20.1 Å². The zero-order valence-electron chi connectivity index (χ0n) is 11.4. The van der Waals surface area contributed by atoms with Crippen LogP contribution in [0, 0.1) is 5.82 Å². The van der Waals surface area contributed by atoms with Gasteiger partial charge in [-0.25, -0.2) is 9.18 Å². The van der Waals surface area contributed by atoms with Crippen LogP contribution < -0.4 is 4.43 Å². The molecule has 0 fully saturated rings. The van der Waals surface area contributed by atoms with E-state index in [9.17, 15) is 9.18 Å². The number of hydrogen-bond acceptors (Lipinski definition) is 2. The summed E-state index contributed by atoms with van der Waals surface area (Å²) in [6.45, 7) is 10.1. The SMILES string of the molecule is CC(C)(C)[Si](C)(C)Oc1cccc(C(=O)O)c1F. The molecule has 100 valence electrons. The highest BCUT2D eigenvalue weighted by Gasteiger charge is 2.39. The lowest BCUT2D eigenvalue weighted by Gasteiger charge is -2.36. The second kappa shape index (κ2) is 4.72. The minimum Gasteiger partial charge on any atom is -0.542 e. The van der Waals surface area contributed by atoms with E-state index in [2.05, 4.69) is 0 Å². The van der Waals surface area contributed by atoms with Crippen LogP contribution in [0.25, 0.3) is 0 Å². The highest BCUT2D eigenvalue weighted by Crippen LogP contribution is 2.38. The molecule has 0 bridgehead atoms. The van der Waals surface area contributed by atoms with Crippen molar-refractivity contribution in [3.8, 4) is 5.75 Å². The Morgan fingerprint density at radius 2 is 1.89 bits per heavy atom. The van der Waals surface area contributed by atoms with Crippen molar-refractivity contribution in [2.45, 2.75) is 38.9 Å². The summed E-state index contributed by atoms with van der Waals surface area (Å²) in [5.74, 6) is -2.05. The zero-order chi connectivity index (χ0) is 14.1. The average Bonchev–Trinajstić information content (AvgIpc) is 2.18. The van der Waals surface area contributed by atoms with Gasteiger partial charge in [-0.1, -0.05) is 26.8 Å². The Balaban J connectivity index is 3.14. The summed E-state index contributed by atoms with van der Waals surface area (Å²) in [5.41, 5.74) is -0.355. The number of carboxylic acids is 1. The number of carbonyl (C=O) groups is 1. The van der Waals surface area contributed by atoms with E-state index in [-0.39, 0.29) is 16.4 Å². The lowest BCUT2D eigenvalue weighted by Crippen LogP contribution is -2.44. The summed E-state index contributed by atoms with van der Waals surface area (Å²) >= 11 is 0. The molecule has 1 aromatic carbocycles. The molecule has 18 heavy (non-hydrogen) atoms. The van der Waals surface area contributed by atoms with Crippen molar-refractivity contribution < 1.29 is 18.7 Å². The van der Waals surface area contributed by atoms with Gasteiger partial charge in [0.2, 0.25) is 0 Å². The Labute approximate surface area is 108 Å². The van der Waals surface area contributed by atoms with Gasteiger partial charge >= 0.3 is 5.97 Å². The molecule has 5 heteroatoms. The maximum Gasteiger partial charge on any atom is 0.338 e. The van der Waals surface area contributed by atoms with E-state index in [0.29, 0.717) is 0 Å². The molecule has 0 aromatic heterocycles. The molecular formula is C13H19FO3Si. The predicted octanol–water partition coefficient (Wildman–Crippen LogP) is 3.91. The minimum atomic E-state index is -2.17. The van der Waals surface area contributed by atoms with Crippen molar-refractivity contribution in [2.24, 2.45) is 0 Å². The maximum atomic E-state index is 14.0. The third kappa shape index (κ3) is 2.90. The van der Waals surface area contributed by atoms with E-state index in [0.717, 1.165) is 0 Å². The van der Waals surface area contributed by atoms with Gasteiger partial charge in [-0.2, -0.15) is 0 Å². The smallest absolute Gasteiger partial charge is 0.338 e. The molecule has 0 aliphatic heterocycles. The number of hydrogen-bond donors (Lipinski definition) is 1. The third-order valence-electron chi connectivity index (χ3n) is 3.36. The monoisotopic (exact) mass is 270 g/mol. The van der Waals surface area contributed by atoms with Gasteiger partial charge in [0.15, 0.2) is 5.82 Å². The van der Waals surface area contributed by atoms with Gasteiger partial charge in [0.25, 0.3) is 8.32 Å². The fraction of sp³-hybridized carbons (Fsp3) is 0.462. The van der Waals surface area contributed by atoms with E-state index in [1.165, 1.54) is 18.2 Å². The van der Waals surface area contributed by atoms with Crippen LogP contribution in [0.3, 0.4) is 0 Å². The first-order valence-corrected chi connectivity index (χ1v) is 8.68. The second-order valence-electron chi connectivity index (χ2n) is 5.79. The van der Waals surface area contributed by atoms with E-state index in [4.69, 9.17) is 9.53 Å². The normalized spacial score (nSPS) is 12.3. The minimum absolute atomic E-state index is 0.0292. The van der Waals surface area contributed by atoms with Crippen LogP contribution >= 0.6 is 0 Å². The topological polar surface area (TPSA) is 46.5 Å². The summed E-state index contributed by atoms with van der Waals surface area (Å²) in [5, 5.41) is 8.79. The number of carboxylic acid groups (broad SMARTS) is 1. The van der Waals surface area contributed by atoms with Gasteiger partial charge in [0.05, 0.1) is 5.56 Å². The highest BCUT2D eigenvalue weighted by molar-refractivity contribution is 6.74. The number of rotatable bonds is 3. The van der Waals surface area contributed by atoms with Gasteiger partial charge in [-0.05, 0) is 30.3 Å². The van der Waals surface area contributed by atoms with Crippen molar-refractivity contribution in [1.82, 2.24) is 0 Å². The molecule has 1 aromatic rings. The molecule has 0 spiro atoms. The molecule has 0 amide bonds. The van der Waals surface area contributed by atoms with Crippen LogP contribution in [-0.4, -0.2) is 19.4 Å². The summed E-state index contributed by atoms with van der Waals surface area (Å²) in [6.07, 6.45) is 0. The lowest BCUT2D eigenvalue weighted by molar-refractivity contribution is 0.0691. The molecule has 0 saturated heterocycles. The summed E-state index contributed by atoms with van der Waals surface area (Å²) in [4.78, 5) is 10.9. The van der Waals surface area contributed by atoms with Crippen LogP contribution in [0.2, 0.25) is 18.1 Å². The van der Waals surface area contributed by atoms with Crippen LogP contribution in [0.15, 0.2) is 18.2 Å². The number of aromatic carboxylic acids is 1. The molecule has 0 atom stereocenters. The average molecular weight is 270 g/mol. The van der Waals surface area contributed by atoms with E-state index >= 15 is 0 Å². The van der Waals surface area contributed by atoms with Crippen molar-refractivity contribution in [3.05, 3.63) is 29.6 Å². The molecule has 0 heterocycles. The Kier molecular flexibility index (Phi) is 3.86. The summed E-state index contributed by atoms with van der Waals surface area (Å²) < 4.78 is 19.7. The maximum absolute atomic E-state index is 14.0. The molecule has 0 aliphatic rings. The van der Waals surface area contributed by atoms with E-state index in [1.807, 2.05) is 33.9 Å². The first kappa shape index (κ1) is 14.7.